The van der Waals surface area contributed by atoms with E-state index in [1.807, 2.05) is 18.2 Å². The number of methoxy groups -OCH3 is 1. The zero-order valence-corrected chi connectivity index (χ0v) is 11.8. The first-order valence-electron chi connectivity index (χ1n) is 7.04. The maximum absolute atomic E-state index is 12.9. The Morgan fingerprint density at radius 1 is 1.14 bits per heavy atom. The number of benzene rings is 2. The smallest absolute Gasteiger partial charge is 0.160 e. The molecule has 0 unspecified atom stereocenters. The lowest BCUT2D eigenvalue weighted by Crippen LogP contribution is -2.33. The summed E-state index contributed by atoms with van der Waals surface area (Å²) in [7, 11) is 1.53. The number of phenolic OH excluding ortho intramolecular Hbond substituents is 1. The number of halogens is 1. The number of hydrogen-bond donors (Lipinski definition) is 2. The van der Waals surface area contributed by atoms with Crippen molar-refractivity contribution in [3.05, 3.63) is 53.8 Å². The summed E-state index contributed by atoms with van der Waals surface area (Å²) >= 11 is 0. The summed E-state index contributed by atoms with van der Waals surface area (Å²) in [6.07, 6.45) is 2.02. The van der Waals surface area contributed by atoms with Crippen LogP contribution < -0.4 is 10.1 Å². The monoisotopic (exact) mass is 287 g/mol. The largest absolute Gasteiger partial charge is 0.504 e. The molecular weight excluding hydrogens is 269 g/mol. The minimum absolute atomic E-state index is 0.136. The summed E-state index contributed by atoms with van der Waals surface area (Å²) in [6.45, 7) is 0. The van der Waals surface area contributed by atoms with Crippen molar-refractivity contribution < 1.29 is 14.2 Å². The predicted molar refractivity (Wildman–Crippen MR) is 80.4 cm³/mol. The normalized spacial score (nSPS) is 20.7. The summed E-state index contributed by atoms with van der Waals surface area (Å²) in [6, 6.07) is 12.4. The number of rotatable bonds is 4. The van der Waals surface area contributed by atoms with E-state index >= 15 is 0 Å². The second kappa shape index (κ2) is 5.64. The van der Waals surface area contributed by atoms with Gasteiger partial charge in [-0.05, 0) is 48.6 Å². The van der Waals surface area contributed by atoms with Gasteiger partial charge in [-0.3, -0.25) is 0 Å². The molecule has 0 atom stereocenters. The van der Waals surface area contributed by atoms with Crippen LogP contribution in [0.2, 0.25) is 0 Å². The van der Waals surface area contributed by atoms with Gasteiger partial charge in [0.15, 0.2) is 11.5 Å². The summed E-state index contributed by atoms with van der Waals surface area (Å²) < 4.78 is 17.9. The van der Waals surface area contributed by atoms with Gasteiger partial charge < -0.3 is 15.2 Å². The Bertz CT molecular complexity index is 621. The van der Waals surface area contributed by atoms with Crippen molar-refractivity contribution in [1.82, 2.24) is 0 Å². The van der Waals surface area contributed by atoms with Gasteiger partial charge in [0.2, 0.25) is 0 Å². The zero-order valence-electron chi connectivity index (χ0n) is 11.8. The summed E-state index contributed by atoms with van der Waals surface area (Å²) in [5, 5.41) is 13.1. The highest BCUT2D eigenvalue weighted by molar-refractivity contribution is 5.55. The molecule has 1 aliphatic rings. The molecule has 2 aromatic rings. The van der Waals surface area contributed by atoms with Gasteiger partial charge in [-0.2, -0.15) is 0 Å². The fraction of sp³-hybridized carbons (Fsp3) is 0.294. The molecule has 0 heterocycles. The van der Waals surface area contributed by atoms with E-state index in [1.54, 1.807) is 12.1 Å². The molecule has 4 heteroatoms. The van der Waals surface area contributed by atoms with Crippen molar-refractivity contribution in [2.24, 2.45) is 0 Å². The van der Waals surface area contributed by atoms with Gasteiger partial charge in [-0.1, -0.05) is 12.1 Å². The third kappa shape index (κ3) is 2.94. The number of aromatic hydroxyl groups is 1. The van der Waals surface area contributed by atoms with Crippen LogP contribution in [-0.4, -0.2) is 18.3 Å². The lowest BCUT2D eigenvalue weighted by atomic mass is 9.76. The van der Waals surface area contributed by atoms with Crippen LogP contribution in [0.15, 0.2) is 42.5 Å². The van der Waals surface area contributed by atoms with Crippen LogP contribution in [0.4, 0.5) is 10.1 Å². The molecule has 0 aromatic heterocycles. The van der Waals surface area contributed by atoms with E-state index in [1.165, 1.54) is 24.8 Å². The number of hydrogen-bond acceptors (Lipinski definition) is 3. The Morgan fingerprint density at radius 2 is 1.86 bits per heavy atom. The molecule has 0 bridgehead atoms. The second-order valence-electron chi connectivity index (χ2n) is 5.45. The van der Waals surface area contributed by atoms with Crippen LogP contribution >= 0.6 is 0 Å². The molecule has 1 fully saturated rings. The SMILES string of the molecule is COc1ccc(NC2CC(c3ccc(F)cc3)C2)cc1O. The van der Waals surface area contributed by atoms with Gasteiger partial charge in [-0.15, -0.1) is 0 Å². The lowest BCUT2D eigenvalue weighted by molar-refractivity contribution is 0.369. The molecule has 110 valence electrons. The molecule has 2 N–H and O–H groups in total. The molecule has 2 aromatic carbocycles. The Morgan fingerprint density at radius 3 is 2.48 bits per heavy atom. The van der Waals surface area contributed by atoms with Crippen LogP contribution in [0.3, 0.4) is 0 Å². The van der Waals surface area contributed by atoms with Crippen LogP contribution in [0.25, 0.3) is 0 Å². The van der Waals surface area contributed by atoms with Crippen molar-refractivity contribution in [3.8, 4) is 11.5 Å². The highest BCUT2D eigenvalue weighted by atomic mass is 19.1. The maximum Gasteiger partial charge on any atom is 0.160 e. The van der Waals surface area contributed by atoms with E-state index in [-0.39, 0.29) is 11.6 Å². The molecular formula is C17H18FNO2. The van der Waals surface area contributed by atoms with Gasteiger partial charge in [-0.25, -0.2) is 4.39 Å². The highest BCUT2D eigenvalue weighted by Crippen LogP contribution is 2.39. The van der Waals surface area contributed by atoms with E-state index in [0.717, 1.165) is 18.5 Å². The number of anilines is 1. The van der Waals surface area contributed by atoms with Gasteiger partial charge >= 0.3 is 0 Å². The van der Waals surface area contributed by atoms with Crippen molar-refractivity contribution in [1.29, 1.82) is 0 Å². The van der Waals surface area contributed by atoms with Crippen molar-refractivity contribution in [2.75, 3.05) is 12.4 Å². The zero-order chi connectivity index (χ0) is 14.8. The number of phenols is 1. The summed E-state index contributed by atoms with van der Waals surface area (Å²) in [5.74, 6) is 0.895. The van der Waals surface area contributed by atoms with Gasteiger partial charge in [0.1, 0.15) is 5.82 Å². The summed E-state index contributed by atoms with van der Waals surface area (Å²) in [4.78, 5) is 0. The first-order chi connectivity index (χ1) is 10.2. The van der Waals surface area contributed by atoms with Crippen LogP contribution in [0, 0.1) is 5.82 Å². The molecule has 1 aliphatic carbocycles. The molecule has 0 spiro atoms. The Hall–Kier alpha value is -2.23. The topological polar surface area (TPSA) is 41.5 Å². The minimum atomic E-state index is -0.193. The number of ether oxygens (including phenoxy) is 1. The average Bonchev–Trinajstić information content (AvgIpc) is 2.44. The average molecular weight is 287 g/mol. The molecule has 3 rings (SSSR count). The molecule has 21 heavy (non-hydrogen) atoms. The second-order valence-corrected chi connectivity index (χ2v) is 5.45. The van der Waals surface area contributed by atoms with E-state index in [2.05, 4.69) is 5.32 Å². The molecule has 0 amide bonds. The van der Waals surface area contributed by atoms with Gasteiger partial charge in [0.25, 0.3) is 0 Å². The van der Waals surface area contributed by atoms with E-state index in [4.69, 9.17) is 4.74 Å². The predicted octanol–water partition coefficient (Wildman–Crippen LogP) is 3.90. The molecule has 3 nitrogen and oxygen atoms in total. The van der Waals surface area contributed by atoms with Crippen molar-refractivity contribution in [2.45, 2.75) is 24.8 Å². The van der Waals surface area contributed by atoms with Gasteiger partial charge in [0.05, 0.1) is 7.11 Å². The fourth-order valence-electron chi connectivity index (χ4n) is 2.76. The summed E-state index contributed by atoms with van der Waals surface area (Å²) in [5.41, 5.74) is 2.07. The third-order valence-corrected chi connectivity index (χ3v) is 4.03. The molecule has 1 saturated carbocycles. The number of nitrogens with one attached hydrogen (secondary N) is 1. The van der Waals surface area contributed by atoms with Gasteiger partial charge in [0, 0.05) is 17.8 Å². The van der Waals surface area contributed by atoms with E-state index in [0.29, 0.717) is 17.7 Å². The molecule has 0 radical (unpaired) electrons. The van der Waals surface area contributed by atoms with Crippen LogP contribution in [-0.2, 0) is 0 Å². The lowest BCUT2D eigenvalue weighted by Gasteiger charge is -2.37. The standard InChI is InChI=1S/C17H18FNO2/c1-21-17-7-6-14(10-16(17)20)19-15-8-12(9-15)11-2-4-13(18)5-3-11/h2-7,10,12,15,19-20H,8-9H2,1H3. The quantitative estimate of drug-likeness (QED) is 0.896. The Kier molecular flexibility index (Phi) is 3.69. The van der Waals surface area contributed by atoms with E-state index in [9.17, 15) is 9.50 Å². The first-order valence-corrected chi connectivity index (χ1v) is 7.04. The third-order valence-electron chi connectivity index (χ3n) is 4.03. The van der Waals surface area contributed by atoms with E-state index < -0.39 is 0 Å². The Labute approximate surface area is 123 Å². The fourth-order valence-corrected chi connectivity index (χ4v) is 2.76. The minimum Gasteiger partial charge on any atom is -0.504 e. The van der Waals surface area contributed by atoms with Crippen molar-refractivity contribution >= 4 is 5.69 Å². The molecule has 0 saturated heterocycles. The molecule has 0 aliphatic heterocycles. The highest BCUT2D eigenvalue weighted by Gasteiger charge is 2.30. The van der Waals surface area contributed by atoms with Crippen LogP contribution in [0.1, 0.15) is 24.3 Å². The Balaban J connectivity index is 1.57. The maximum atomic E-state index is 12.9. The first kappa shape index (κ1) is 13.7. The van der Waals surface area contributed by atoms with Crippen molar-refractivity contribution in [3.63, 3.8) is 0 Å². The van der Waals surface area contributed by atoms with Crippen LogP contribution in [0.5, 0.6) is 11.5 Å².